The maximum Gasteiger partial charge on any atom is 0.261 e. The molecule has 4 saturated carbocycles. The zero-order valence-corrected chi connectivity index (χ0v) is 17.6. The fourth-order valence-electron chi connectivity index (χ4n) is 6.67. The summed E-state index contributed by atoms with van der Waals surface area (Å²) in [5.74, 6) is 1.53. The number of carbonyl (C=O) groups excluding carboxylic acids is 3. The van der Waals surface area contributed by atoms with E-state index in [0.29, 0.717) is 16.3 Å². The van der Waals surface area contributed by atoms with Gasteiger partial charge < -0.3 is 0 Å². The van der Waals surface area contributed by atoms with Crippen molar-refractivity contribution >= 4 is 34.2 Å². The van der Waals surface area contributed by atoms with Crippen molar-refractivity contribution < 1.29 is 14.4 Å². The van der Waals surface area contributed by atoms with Crippen LogP contribution in [0.3, 0.4) is 0 Å². The van der Waals surface area contributed by atoms with E-state index in [0.717, 1.165) is 28.3 Å². The molecule has 2 heterocycles. The SMILES string of the molecule is CN1C(=O)c2ccc(C(=O)Nc3nc(C45CC6CC(CC(C6)C4)C5)cs3)cc2C1=O. The van der Waals surface area contributed by atoms with Crippen molar-refractivity contribution in [2.45, 2.75) is 43.9 Å². The quantitative estimate of drug-likeness (QED) is 0.757. The van der Waals surface area contributed by atoms with Gasteiger partial charge in [0.15, 0.2) is 5.13 Å². The molecule has 154 valence electrons. The van der Waals surface area contributed by atoms with Gasteiger partial charge in [-0.25, -0.2) is 4.98 Å². The van der Waals surface area contributed by atoms with Gasteiger partial charge in [-0.2, -0.15) is 0 Å². The molecule has 0 saturated heterocycles. The van der Waals surface area contributed by atoms with E-state index in [-0.39, 0.29) is 28.7 Å². The summed E-state index contributed by atoms with van der Waals surface area (Å²) < 4.78 is 0. The third-order valence-electron chi connectivity index (χ3n) is 7.66. The highest BCUT2D eigenvalue weighted by molar-refractivity contribution is 7.14. The minimum atomic E-state index is -0.372. The highest BCUT2D eigenvalue weighted by Gasteiger charge is 2.52. The molecule has 0 atom stereocenters. The Morgan fingerprint density at radius 1 is 1.07 bits per heavy atom. The van der Waals surface area contributed by atoms with Crippen molar-refractivity contribution in [2.75, 3.05) is 12.4 Å². The summed E-state index contributed by atoms with van der Waals surface area (Å²) in [6.45, 7) is 0. The predicted octanol–water partition coefficient (Wildman–Crippen LogP) is 4.09. The number of rotatable bonds is 3. The number of benzene rings is 1. The zero-order valence-electron chi connectivity index (χ0n) is 16.8. The maximum absolute atomic E-state index is 12.8. The third-order valence-corrected chi connectivity index (χ3v) is 8.42. The number of nitrogens with one attached hydrogen (secondary N) is 1. The summed E-state index contributed by atoms with van der Waals surface area (Å²) in [5, 5.41) is 5.63. The van der Waals surface area contributed by atoms with Crippen LogP contribution in [-0.4, -0.2) is 34.7 Å². The van der Waals surface area contributed by atoms with Gasteiger partial charge in [0.2, 0.25) is 0 Å². The Balaban J connectivity index is 1.23. The zero-order chi connectivity index (χ0) is 20.6. The highest BCUT2D eigenvalue weighted by Crippen LogP contribution is 2.60. The summed E-state index contributed by atoms with van der Waals surface area (Å²) in [5.41, 5.74) is 2.34. The lowest BCUT2D eigenvalue weighted by Crippen LogP contribution is -2.48. The van der Waals surface area contributed by atoms with Crippen LogP contribution in [0.25, 0.3) is 0 Å². The molecule has 6 nitrogen and oxygen atoms in total. The second-order valence-electron chi connectivity index (χ2n) is 9.62. The average Bonchev–Trinajstić information content (AvgIpc) is 3.27. The van der Waals surface area contributed by atoms with Crippen LogP contribution in [0.4, 0.5) is 5.13 Å². The molecule has 30 heavy (non-hydrogen) atoms. The summed E-state index contributed by atoms with van der Waals surface area (Å²) in [6.07, 6.45) is 7.89. The van der Waals surface area contributed by atoms with Gasteiger partial charge in [0.1, 0.15) is 0 Å². The van der Waals surface area contributed by atoms with Crippen LogP contribution < -0.4 is 5.32 Å². The lowest BCUT2D eigenvalue weighted by atomic mass is 9.49. The second kappa shape index (κ2) is 6.23. The van der Waals surface area contributed by atoms with Crippen molar-refractivity contribution in [3.05, 3.63) is 46.0 Å². The number of aromatic nitrogens is 1. The fraction of sp³-hybridized carbons (Fsp3) is 0.478. The lowest BCUT2D eigenvalue weighted by Gasteiger charge is -2.56. The predicted molar refractivity (Wildman–Crippen MR) is 113 cm³/mol. The van der Waals surface area contributed by atoms with Gasteiger partial charge in [0.05, 0.1) is 16.8 Å². The molecule has 1 aromatic heterocycles. The smallest absolute Gasteiger partial charge is 0.261 e. The largest absolute Gasteiger partial charge is 0.298 e. The second-order valence-corrected chi connectivity index (χ2v) is 10.5. The molecule has 5 aliphatic rings. The number of nitrogens with zero attached hydrogens (tertiary/aromatic N) is 2. The molecule has 0 spiro atoms. The third kappa shape index (κ3) is 2.61. The number of amides is 3. The fourth-order valence-corrected chi connectivity index (χ4v) is 7.50. The van der Waals surface area contributed by atoms with Crippen LogP contribution in [-0.2, 0) is 5.41 Å². The van der Waals surface area contributed by atoms with Gasteiger partial charge in [0, 0.05) is 23.4 Å². The molecular formula is C23H23N3O3S. The topological polar surface area (TPSA) is 79.4 Å². The number of hydrogen-bond donors (Lipinski definition) is 1. The summed E-state index contributed by atoms with van der Waals surface area (Å²) >= 11 is 1.48. The molecule has 7 rings (SSSR count). The minimum Gasteiger partial charge on any atom is -0.298 e. The van der Waals surface area contributed by atoms with Gasteiger partial charge in [-0.3, -0.25) is 24.6 Å². The Hall–Kier alpha value is -2.54. The Labute approximate surface area is 178 Å². The molecule has 0 unspecified atom stereocenters. The first-order valence-corrected chi connectivity index (χ1v) is 11.5. The highest BCUT2D eigenvalue weighted by atomic mass is 32.1. The Kier molecular flexibility index (Phi) is 3.79. The maximum atomic E-state index is 12.8. The molecule has 2 aromatic rings. The number of thiazole rings is 1. The molecule has 1 N–H and O–H groups in total. The summed E-state index contributed by atoms with van der Waals surface area (Å²) in [4.78, 5) is 42.9. The molecule has 3 amide bonds. The molecule has 4 aliphatic carbocycles. The first kappa shape index (κ1) is 18.2. The van der Waals surface area contributed by atoms with E-state index in [9.17, 15) is 14.4 Å². The number of fused-ring (bicyclic) bond motifs is 1. The van der Waals surface area contributed by atoms with E-state index in [1.54, 1.807) is 12.1 Å². The molecule has 0 radical (unpaired) electrons. The molecule has 1 aliphatic heterocycles. The van der Waals surface area contributed by atoms with Gasteiger partial charge in [0.25, 0.3) is 17.7 Å². The minimum absolute atomic E-state index is 0.208. The van der Waals surface area contributed by atoms with E-state index in [4.69, 9.17) is 4.98 Å². The van der Waals surface area contributed by atoms with Crippen molar-refractivity contribution in [3.63, 3.8) is 0 Å². The van der Waals surface area contributed by atoms with Crippen molar-refractivity contribution in [1.29, 1.82) is 0 Å². The molecule has 7 heteroatoms. The van der Waals surface area contributed by atoms with Gasteiger partial charge in [-0.1, -0.05) is 0 Å². The Bertz CT molecular complexity index is 1070. The van der Waals surface area contributed by atoms with E-state index >= 15 is 0 Å². The van der Waals surface area contributed by atoms with Crippen LogP contribution in [0.1, 0.15) is 75.3 Å². The van der Waals surface area contributed by atoms with Gasteiger partial charge >= 0.3 is 0 Å². The number of carbonyl (C=O) groups is 3. The lowest BCUT2D eigenvalue weighted by molar-refractivity contribution is -0.00688. The van der Waals surface area contributed by atoms with Crippen LogP contribution in [0.2, 0.25) is 0 Å². The molecule has 4 bridgehead atoms. The number of imide groups is 1. The van der Waals surface area contributed by atoms with Crippen molar-refractivity contribution in [1.82, 2.24) is 9.88 Å². The van der Waals surface area contributed by atoms with Crippen LogP contribution in [0, 0.1) is 17.8 Å². The summed E-state index contributed by atoms with van der Waals surface area (Å²) in [6, 6.07) is 4.64. The summed E-state index contributed by atoms with van der Waals surface area (Å²) in [7, 11) is 1.45. The standard InChI is InChI=1S/C23H23N3O3S/c1-26-20(28)16-3-2-15(7-17(16)21(26)29)19(27)25-22-24-18(11-30-22)23-8-12-4-13(9-23)6-14(5-12)10-23/h2-3,7,11-14H,4-6,8-10H2,1H3,(H,24,25,27). The van der Waals surface area contributed by atoms with Crippen LogP contribution in [0.5, 0.6) is 0 Å². The Morgan fingerprint density at radius 3 is 2.37 bits per heavy atom. The molecule has 4 fully saturated rings. The average molecular weight is 422 g/mol. The van der Waals surface area contributed by atoms with Crippen LogP contribution in [0.15, 0.2) is 23.6 Å². The van der Waals surface area contributed by atoms with Crippen LogP contribution >= 0.6 is 11.3 Å². The van der Waals surface area contributed by atoms with E-state index in [2.05, 4.69) is 10.7 Å². The first-order chi connectivity index (χ1) is 14.4. The number of hydrogen-bond acceptors (Lipinski definition) is 5. The van der Waals surface area contributed by atoms with Crippen molar-refractivity contribution in [2.24, 2.45) is 17.8 Å². The number of anilines is 1. The normalized spacial score (nSPS) is 31.4. The first-order valence-electron chi connectivity index (χ1n) is 10.7. The Morgan fingerprint density at radius 2 is 1.70 bits per heavy atom. The monoisotopic (exact) mass is 421 g/mol. The van der Waals surface area contributed by atoms with Crippen molar-refractivity contribution in [3.8, 4) is 0 Å². The van der Waals surface area contributed by atoms with Gasteiger partial charge in [-0.15, -0.1) is 11.3 Å². The molecular weight excluding hydrogens is 398 g/mol. The van der Waals surface area contributed by atoms with E-state index in [1.165, 1.54) is 63.0 Å². The van der Waals surface area contributed by atoms with Gasteiger partial charge in [-0.05, 0) is 74.5 Å². The van der Waals surface area contributed by atoms with E-state index in [1.807, 2.05) is 0 Å². The molecule has 1 aromatic carbocycles. The van der Waals surface area contributed by atoms with E-state index < -0.39 is 0 Å².